The number of fused-ring (bicyclic) bond motifs is 2. The molecule has 0 aliphatic carbocycles. The van der Waals surface area contributed by atoms with Crippen LogP contribution in [0.1, 0.15) is 44.7 Å². The predicted molar refractivity (Wildman–Crippen MR) is 112 cm³/mol. The highest BCUT2D eigenvalue weighted by atomic mass is 19.4. The summed E-state index contributed by atoms with van der Waals surface area (Å²) < 4.78 is 37.3. The lowest BCUT2D eigenvalue weighted by atomic mass is 9.95. The summed E-state index contributed by atoms with van der Waals surface area (Å²) in [7, 11) is 0. The van der Waals surface area contributed by atoms with E-state index in [0.717, 1.165) is 36.3 Å². The molecule has 34 heavy (non-hydrogen) atoms. The summed E-state index contributed by atoms with van der Waals surface area (Å²) in [4.78, 5) is 30.1. The number of benzene rings is 1. The molecule has 0 saturated carbocycles. The van der Waals surface area contributed by atoms with E-state index in [0.29, 0.717) is 23.7 Å². The Kier molecular flexibility index (Phi) is 6.33. The number of nitrogens with zero attached hydrogens (tertiary/aromatic N) is 3. The van der Waals surface area contributed by atoms with Gasteiger partial charge in [0, 0.05) is 29.6 Å². The van der Waals surface area contributed by atoms with E-state index in [-0.39, 0.29) is 11.9 Å². The van der Waals surface area contributed by atoms with Gasteiger partial charge in [-0.15, -0.1) is 0 Å². The zero-order valence-corrected chi connectivity index (χ0v) is 17.9. The van der Waals surface area contributed by atoms with Gasteiger partial charge in [0.15, 0.2) is 0 Å². The van der Waals surface area contributed by atoms with Crippen LogP contribution in [0, 0.1) is 6.92 Å². The molecule has 0 radical (unpaired) electrons. The number of hydrogen-bond acceptors (Lipinski definition) is 7. The Bertz CT molecular complexity index is 1240. The van der Waals surface area contributed by atoms with E-state index in [4.69, 9.17) is 14.4 Å². The van der Waals surface area contributed by atoms with Gasteiger partial charge in [-0.2, -0.15) is 18.2 Å². The van der Waals surface area contributed by atoms with Crippen LogP contribution in [0.2, 0.25) is 0 Å². The number of carboxylic acid groups (broad SMARTS) is 1. The summed E-state index contributed by atoms with van der Waals surface area (Å²) in [5, 5.41) is 17.7. The molecule has 3 N–H and O–H groups in total. The molecule has 12 heteroatoms. The van der Waals surface area contributed by atoms with Crippen molar-refractivity contribution in [3.8, 4) is 11.4 Å². The maximum Gasteiger partial charge on any atom is 0.490 e. The molecule has 2 aliphatic heterocycles. The third kappa shape index (κ3) is 4.76. The smallest absolute Gasteiger partial charge is 0.475 e. The van der Waals surface area contributed by atoms with Gasteiger partial charge >= 0.3 is 12.1 Å². The zero-order chi connectivity index (χ0) is 24.5. The topological polar surface area (TPSA) is 130 Å². The van der Waals surface area contributed by atoms with Gasteiger partial charge in [0.25, 0.3) is 5.91 Å². The van der Waals surface area contributed by atoms with Crippen LogP contribution in [0.3, 0.4) is 0 Å². The maximum absolute atomic E-state index is 12.1. The molecular weight excluding hydrogens is 455 g/mol. The van der Waals surface area contributed by atoms with Gasteiger partial charge in [0.2, 0.25) is 11.7 Å². The second-order valence-corrected chi connectivity index (χ2v) is 7.78. The summed E-state index contributed by atoms with van der Waals surface area (Å²) in [5.74, 6) is -1.73. The first kappa shape index (κ1) is 23.4. The lowest BCUT2D eigenvalue weighted by molar-refractivity contribution is -0.192. The van der Waals surface area contributed by atoms with Gasteiger partial charge in [0.05, 0.1) is 12.5 Å². The van der Waals surface area contributed by atoms with E-state index in [2.05, 4.69) is 25.8 Å². The minimum absolute atomic E-state index is 0.0555. The molecule has 1 atom stereocenters. The van der Waals surface area contributed by atoms with E-state index in [1.165, 1.54) is 11.1 Å². The van der Waals surface area contributed by atoms with Gasteiger partial charge in [0.1, 0.15) is 0 Å². The number of aryl methyl sites for hydroxylation is 1. The molecule has 0 spiro atoms. The molecule has 9 nitrogen and oxygen atoms in total. The number of carbonyl (C=O) groups excluding carboxylic acids is 1. The quantitative estimate of drug-likeness (QED) is 0.527. The van der Waals surface area contributed by atoms with Crippen molar-refractivity contribution >= 4 is 11.9 Å². The molecule has 1 amide bonds. The number of carbonyl (C=O) groups is 2. The van der Waals surface area contributed by atoms with E-state index in [1.54, 1.807) is 0 Å². The number of hydrogen-bond donors (Lipinski definition) is 3. The van der Waals surface area contributed by atoms with Crippen molar-refractivity contribution in [2.24, 2.45) is 0 Å². The molecule has 3 aromatic rings. The maximum atomic E-state index is 12.1. The van der Waals surface area contributed by atoms with E-state index >= 15 is 0 Å². The van der Waals surface area contributed by atoms with Crippen LogP contribution < -0.4 is 10.6 Å². The lowest BCUT2D eigenvalue weighted by Crippen LogP contribution is -2.24. The Morgan fingerprint density at radius 3 is 2.76 bits per heavy atom. The molecule has 5 rings (SSSR count). The Morgan fingerprint density at radius 2 is 2.03 bits per heavy atom. The van der Waals surface area contributed by atoms with Crippen molar-refractivity contribution in [2.45, 2.75) is 38.5 Å². The van der Waals surface area contributed by atoms with Crippen molar-refractivity contribution in [2.75, 3.05) is 6.54 Å². The number of nitrogens with one attached hydrogen (secondary N) is 2. The Hall–Kier alpha value is -3.80. The molecule has 0 fully saturated rings. The fourth-order valence-electron chi connectivity index (χ4n) is 3.96. The summed E-state index contributed by atoms with van der Waals surface area (Å²) in [6.07, 6.45) is -1.77. The average molecular weight is 475 g/mol. The number of amides is 1. The zero-order valence-electron chi connectivity index (χ0n) is 17.9. The normalized spacial score (nSPS) is 16.7. The number of pyridine rings is 1. The molecule has 178 valence electrons. The van der Waals surface area contributed by atoms with Crippen LogP contribution in [0.15, 0.2) is 35.0 Å². The monoisotopic (exact) mass is 475 g/mol. The van der Waals surface area contributed by atoms with Gasteiger partial charge < -0.3 is 20.3 Å². The summed E-state index contributed by atoms with van der Waals surface area (Å²) in [6.45, 7) is 3.71. The Labute approximate surface area is 191 Å². The third-order valence-corrected chi connectivity index (χ3v) is 5.53. The van der Waals surface area contributed by atoms with Crippen LogP contribution in [-0.2, 0) is 24.2 Å². The summed E-state index contributed by atoms with van der Waals surface area (Å²) in [5.41, 5.74) is 6.00. The Morgan fingerprint density at radius 1 is 1.29 bits per heavy atom. The van der Waals surface area contributed by atoms with Crippen LogP contribution >= 0.6 is 0 Å². The number of aliphatic carboxylic acids is 1. The van der Waals surface area contributed by atoms with Crippen LogP contribution in [0.25, 0.3) is 11.4 Å². The molecule has 2 aromatic heterocycles. The molecule has 0 bridgehead atoms. The minimum Gasteiger partial charge on any atom is -0.475 e. The molecular formula is C22H20F3N5O4. The first-order valence-electron chi connectivity index (χ1n) is 10.4. The number of halogens is 3. The first-order chi connectivity index (χ1) is 16.1. The van der Waals surface area contributed by atoms with Crippen LogP contribution in [0.4, 0.5) is 13.2 Å². The fraction of sp³-hybridized carbons (Fsp3) is 0.318. The van der Waals surface area contributed by atoms with Gasteiger partial charge in [-0.3, -0.25) is 9.78 Å². The molecule has 1 aromatic carbocycles. The number of aromatic nitrogens is 3. The molecule has 0 saturated heterocycles. The average Bonchev–Trinajstić information content (AvgIpc) is 3.38. The second-order valence-electron chi connectivity index (χ2n) is 7.78. The first-order valence-corrected chi connectivity index (χ1v) is 10.4. The van der Waals surface area contributed by atoms with E-state index < -0.39 is 12.1 Å². The van der Waals surface area contributed by atoms with Crippen LogP contribution in [-0.4, -0.2) is 44.8 Å². The largest absolute Gasteiger partial charge is 0.490 e. The minimum atomic E-state index is -5.08. The summed E-state index contributed by atoms with van der Waals surface area (Å²) >= 11 is 0. The molecule has 4 heterocycles. The van der Waals surface area contributed by atoms with Crippen molar-refractivity contribution in [1.82, 2.24) is 25.8 Å². The predicted octanol–water partition coefficient (Wildman–Crippen LogP) is 2.75. The fourth-order valence-corrected chi connectivity index (χ4v) is 3.96. The van der Waals surface area contributed by atoms with Crippen molar-refractivity contribution in [3.63, 3.8) is 0 Å². The van der Waals surface area contributed by atoms with E-state index in [9.17, 15) is 18.0 Å². The van der Waals surface area contributed by atoms with Gasteiger partial charge in [-0.25, -0.2) is 4.79 Å². The van der Waals surface area contributed by atoms with Crippen molar-refractivity contribution in [3.05, 3.63) is 64.3 Å². The third-order valence-electron chi connectivity index (χ3n) is 5.53. The van der Waals surface area contributed by atoms with Crippen LogP contribution in [0.5, 0.6) is 0 Å². The highest BCUT2D eigenvalue weighted by Crippen LogP contribution is 2.31. The van der Waals surface area contributed by atoms with E-state index in [1.807, 2.05) is 37.4 Å². The SMILES string of the molecule is Cc1ncc2c(c1-c1noc(CC3NC(=O)c4ccccc43)n1)CCNC2.O=C(O)C(F)(F)F. The highest BCUT2D eigenvalue weighted by molar-refractivity contribution is 5.99. The Balaban J connectivity index is 0.000000344. The van der Waals surface area contributed by atoms with Crippen molar-refractivity contribution < 1.29 is 32.4 Å². The standard InChI is InChI=1S/C20H19N5O2.C2HF3O2/c1-11-18(13-6-7-21-9-12(13)10-22-11)19-24-17(27-25-19)8-16-14-4-2-3-5-15(14)20(26)23-16;3-2(4,5)1(6)7/h2-5,10,16,21H,6-9H2,1H3,(H,23,26);(H,6,7). The number of alkyl halides is 3. The molecule has 2 aliphatic rings. The lowest BCUT2D eigenvalue weighted by Gasteiger charge is -2.19. The second kappa shape index (κ2) is 9.21. The summed E-state index contributed by atoms with van der Waals surface area (Å²) in [6, 6.07) is 7.46. The molecule has 1 unspecified atom stereocenters. The van der Waals surface area contributed by atoms with Gasteiger partial charge in [-0.1, -0.05) is 23.4 Å². The van der Waals surface area contributed by atoms with Crippen molar-refractivity contribution in [1.29, 1.82) is 0 Å². The number of carboxylic acids is 1. The van der Waals surface area contributed by atoms with Gasteiger partial charge in [-0.05, 0) is 42.6 Å². The number of rotatable bonds is 3. The highest BCUT2D eigenvalue weighted by Gasteiger charge is 2.38.